The van der Waals surface area contributed by atoms with Crippen LogP contribution in [-0.2, 0) is 20.9 Å². The van der Waals surface area contributed by atoms with Crippen molar-refractivity contribution < 1.29 is 19.5 Å². The van der Waals surface area contributed by atoms with E-state index in [2.05, 4.69) is 26.6 Å². The van der Waals surface area contributed by atoms with Crippen LogP contribution < -0.4 is 10.6 Å². The van der Waals surface area contributed by atoms with Gasteiger partial charge in [0.25, 0.3) is 0 Å². The summed E-state index contributed by atoms with van der Waals surface area (Å²) in [7, 11) is 0. The first kappa shape index (κ1) is 26.5. The number of likely N-dealkylation sites (tertiary alicyclic amines) is 1. The van der Waals surface area contributed by atoms with Crippen LogP contribution in [0, 0.1) is 17.8 Å². The topological polar surface area (TPSA) is 98.7 Å². The summed E-state index contributed by atoms with van der Waals surface area (Å²) in [6.45, 7) is 6.72. The largest absolute Gasteiger partial charge is 0.394 e. The lowest BCUT2D eigenvalue weighted by Gasteiger charge is -2.39. The van der Waals surface area contributed by atoms with E-state index in [1.165, 1.54) is 0 Å². The van der Waals surface area contributed by atoms with Crippen LogP contribution in [-0.4, -0.2) is 67.8 Å². The molecular weight excluding hydrogens is 530 g/mol. The van der Waals surface area contributed by atoms with Crippen molar-refractivity contribution in [1.82, 2.24) is 15.5 Å². The van der Waals surface area contributed by atoms with E-state index < -0.39 is 28.7 Å². The number of nitrogens with zero attached hydrogens (tertiary/aromatic N) is 1. The molecule has 192 valence electrons. The Morgan fingerprint density at radius 1 is 1.23 bits per heavy atom. The Hall–Kier alpha value is -1.58. The van der Waals surface area contributed by atoms with Crippen molar-refractivity contribution in [2.24, 2.45) is 17.8 Å². The summed E-state index contributed by atoms with van der Waals surface area (Å²) in [5.74, 6) is -1.55. The van der Waals surface area contributed by atoms with Gasteiger partial charge in [0.05, 0.1) is 29.2 Å². The number of nitrogens with one attached hydrogen (secondary N) is 2. The highest BCUT2D eigenvalue weighted by Gasteiger charge is 2.76. The fraction of sp³-hybridized carbons (Fsp3) is 0.654. The van der Waals surface area contributed by atoms with E-state index >= 15 is 0 Å². The van der Waals surface area contributed by atoms with Gasteiger partial charge in [0.2, 0.25) is 17.7 Å². The van der Waals surface area contributed by atoms with Gasteiger partial charge in [-0.15, -0.1) is 11.8 Å². The predicted molar refractivity (Wildman–Crippen MR) is 141 cm³/mol. The lowest BCUT2D eigenvalue weighted by molar-refractivity contribution is -0.143. The number of thioether (sulfide) groups is 1. The molecule has 3 aliphatic rings. The molecule has 2 bridgehead atoms. The molecule has 7 nitrogen and oxygen atoms in total. The quantitative estimate of drug-likeness (QED) is 0.379. The molecule has 0 aliphatic carbocycles. The van der Waals surface area contributed by atoms with Crippen molar-refractivity contribution in [3.63, 3.8) is 0 Å². The maximum Gasteiger partial charge on any atom is 0.244 e. The Morgan fingerprint density at radius 2 is 1.94 bits per heavy atom. The van der Waals surface area contributed by atoms with Gasteiger partial charge in [0, 0.05) is 23.2 Å². The van der Waals surface area contributed by atoms with Crippen LogP contribution in [0.4, 0.5) is 0 Å². The molecule has 3 unspecified atom stereocenters. The molecule has 35 heavy (non-hydrogen) atoms. The zero-order chi connectivity index (χ0) is 25.3. The van der Waals surface area contributed by atoms with Crippen molar-refractivity contribution in [2.75, 3.05) is 13.2 Å². The van der Waals surface area contributed by atoms with E-state index in [9.17, 15) is 19.5 Å². The molecule has 0 radical (unpaired) electrons. The summed E-state index contributed by atoms with van der Waals surface area (Å²) in [6.07, 6.45) is 2.21. The summed E-state index contributed by atoms with van der Waals surface area (Å²) in [6, 6.07) is 8.46. The Labute approximate surface area is 220 Å². The molecule has 0 saturated carbocycles. The lowest BCUT2D eigenvalue weighted by atomic mass is 9.70. The number of hydrogen-bond acceptors (Lipinski definition) is 5. The van der Waals surface area contributed by atoms with Crippen LogP contribution in [0.5, 0.6) is 0 Å². The smallest absolute Gasteiger partial charge is 0.244 e. The van der Waals surface area contributed by atoms with Gasteiger partial charge in [-0.05, 0) is 24.3 Å². The number of carbonyl (C=O) groups excluding carboxylic acids is 3. The van der Waals surface area contributed by atoms with Crippen molar-refractivity contribution in [1.29, 1.82) is 0 Å². The SMILES string of the molecule is CCCNC(=O)[C@H]1[C@H]2C(=O)N([C@@H](CO)[C@@H](C)CC)C(C(=O)NCc3ccccc3)C23CC(Br)[C@@H]1S3. The van der Waals surface area contributed by atoms with Crippen LogP contribution in [0.15, 0.2) is 30.3 Å². The van der Waals surface area contributed by atoms with Gasteiger partial charge in [0.1, 0.15) is 6.04 Å². The fourth-order valence-corrected chi connectivity index (χ4v) is 9.69. The molecule has 3 amide bonds. The highest BCUT2D eigenvalue weighted by molar-refractivity contribution is 9.09. The maximum atomic E-state index is 14.1. The van der Waals surface area contributed by atoms with Crippen LogP contribution in [0.2, 0.25) is 0 Å². The summed E-state index contributed by atoms with van der Waals surface area (Å²) in [4.78, 5) is 42.9. The average molecular weight is 567 g/mol. The number of hydrogen-bond donors (Lipinski definition) is 3. The van der Waals surface area contributed by atoms with E-state index in [1.807, 2.05) is 51.1 Å². The Morgan fingerprint density at radius 3 is 2.57 bits per heavy atom. The van der Waals surface area contributed by atoms with Gasteiger partial charge >= 0.3 is 0 Å². The molecular formula is C26H36BrN3O4S. The highest BCUT2D eigenvalue weighted by Crippen LogP contribution is 2.68. The first-order valence-electron chi connectivity index (χ1n) is 12.6. The number of fused-ring (bicyclic) bond motifs is 1. The zero-order valence-corrected chi connectivity index (χ0v) is 23.0. The van der Waals surface area contributed by atoms with Crippen LogP contribution >= 0.6 is 27.7 Å². The number of halogens is 1. The summed E-state index contributed by atoms with van der Waals surface area (Å²) < 4.78 is -0.703. The minimum Gasteiger partial charge on any atom is -0.394 e. The van der Waals surface area contributed by atoms with Crippen LogP contribution in [0.25, 0.3) is 0 Å². The minimum absolute atomic E-state index is 0.0120. The third-order valence-electron chi connectivity index (χ3n) is 7.98. The van der Waals surface area contributed by atoms with Crippen LogP contribution in [0.3, 0.4) is 0 Å². The van der Waals surface area contributed by atoms with Gasteiger partial charge in [0.15, 0.2) is 0 Å². The number of benzene rings is 1. The normalized spacial score (nSPS) is 32.9. The minimum atomic E-state index is -0.742. The molecule has 3 saturated heterocycles. The standard InChI is InChI=1S/C26H36BrN3O4S/c1-4-11-28-23(32)19-20-25(34)30(18(14-31)15(3)5-2)22(26(20)12-17(27)21(19)35-26)24(33)29-13-16-9-7-6-8-10-16/h6-10,15,17-22,31H,4-5,11-14H2,1-3H3,(H,28,32)(H,29,33)/t15-,17?,18-,19-,20-,21-,22?,26?/m0/s1. The van der Waals surface area contributed by atoms with Crippen LogP contribution in [0.1, 0.15) is 45.6 Å². The average Bonchev–Trinajstić information content (AvgIpc) is 3.45. The van der Waals surface area contributed by atoms with E-state index in [0.29, 0.717) is 19.5 Å². The second-order valence-electron chi connectivity index (χ2n) is 10.0. The highest BCUT2D eigenvalue weighted by atomic mass is 79.9. The molecule has 3 heterocycles. The predicted octanol–water partition coefficient (Wildman–Crippen LogP) is 2.70. The molecule has 9 heteroatoms. The molecule has 3 fully saturated rings. The number of aliphatic hydroxyl groups is 1. The molecule has 1 aromatic carbocycles. The Kier molecular flexibility index (Phi) is 8.18. The van der Waals surface area contributed by atoms with Crippen molar-refractivity contribution in [2.45, 2.75) is 73.5 Å². The van der Waals surface area contributed by atoms with Gasteiger partial charge in [-0.2, -0.15) is 0 Å². The van der Waals surface area contributed by atoms with Gasteiger partial charge in [-0.1, -0.05) is 73.5 Å². The number of amides is 3. The fourth-order valence-electron chi connectivity index (χ4n) is 6.09. The van der Waals surface area contributed by atoms with Gasteiger partial charge < -0.3 is 20.6 Å². The molecule has 3 aliphatic heterocycles. The second kappa shape index (κ2) is 10.8. The van der Waals surface area contributed by atoms with Crippen molar-refractivity contribution in [3.05, 3.63) is 35.9 Å². The zero-order valence-electron chi connectivity index (χ0n) is 20.6. The molecule has 8 atom stereocenters. The Balaban J connectivity index is 1.71. The third kappa shape index (κ3) is 4.53. The molecule has 1 spiro atoms. The second-order valence-corrected chi connectivity index (χ2v) is 12.8. The molecule has 4 rings (SSSR count). The first-order chi connectivity index (χ1) is 16.8. The monoisotopic (exact) mass is 565 g/mol. The summed E-state index contributed by atoms with van der Waals surface area (Å²) >= 11 is 5.41. The third-order valence-corrected chi connectivity index (χ3v) is 11.2. The molecule has 0 aromatic heterocycles. The molecule has 3 N–H and O–H groups in total. The summed E-state index contributed by atoms with van der Waals surface area (Å²) in [5.41, 5.74) is 0.977. The Bertz CT molecular complexity index is 950. The maximum absolute atomic E-state index is 14.1. The number of aliphatic hydroxyl groups excluding tert-OH is 1. The first-order valence-corrected chi connectivity index (χ1v) is 14.4. The number of rotatable bonds is 10. The summed E-state index contributed by atoms with van der Waals surface area (Å²) in [5, 5.41) is 16.4. The van der Waals surface area contributed by atoms with Crippen molar-refractivity contribution >= 4 is 45.4 Å². The van der Waals surface area contributed by atoms with Gasteiger partial charge in [-0.25, -0.2) is 0 Å². The molecule has 1 aromatic rings. The van der Waals surface area contributed by atoms with E-state index in [-0.39, 0.29) is 40.3 Å². The van der Waals surface area contributed by atoms with E-state index in [1.54, 1.807) is 16.7 Å². The van der Waals surface area contributed by atoms with Gasteiger partial charge in [-0.3, -0.25) is 14.4 Å². The number of alkyl halides is 1. The van der Waals surface area contributed by atoms with Crippen molar-refractivity contribution in [3.8, 4) is 0 Å². The van der Waals surface area contributed by atoms with E-state index in [0.717, 1.165) is 18.4 Å². The van der Waals surface area contributed by atoms with E-state index in [4.69, 9.17) is 0 Å². The number of carbonyl (C=O) groups is 3. The lowest BCUT2D eigenvalue weighted by Crippen LogP contribution is -2.58.